The van der Waals surface area contributed by atoms with E-state index in [1.54, 1.807) is 30.5 Å². The number of benzene rings is 1. The summed E-state index contributed by atoms with van der Waals surface area (Å²) in [5.74, 6) is -0.188. The Balaban J connectivity index is 1.71. The molecule has 1 fully saturated rings. The fourth-order valence-corrected chi connectivity index (χ4v) is 3.05. The minimum Gasteiger partial charge on any atom is -0.370 e. The van der Waals surface area contributed by atoms with E-state index in [0.717, 1.165) is 18.8 Å². The molecule has 1 aromatic carbocycles. The van der Waals surface area contributed by atoms with Crippen LogP contribution in [0.15, 0.2) is 42.7 Å². The predicted molar refractivity (Wildman–Crippen MR) is 99.3 cm³/mol. The third kappa shape index (κ3) is 4.44. The fourth-order valence-electron chi connectivity index (χ4n) is 3.05. The Morgan fingerprint density at radius 3 is 2.28 bits per heavy atom. The first-order chi connectivity index (χ1) is 12.1. The second kappa shape index (κ2) is 7.92. The van der Waals surface area contributed by atoms with Gasteiger partial charge >= 0.3 is 0 Å². The number of hydrogen-bond acceptors (Lipinski definition) is 4. The van der Waals surface area contributed by atoms with E-state index in [1.165, 1.54) is 32.6 Å². The van der Waals surface area contributed by atoms with Crippen LogP contribution in [-0.2, 0) is 0 Å². The summed E-state index contributed by atoms with van der Waals surface area (Å²) < 4.78 is 0. The van der Waals surface area contributed by atoms with E-state index in [-0.39, 0.29) is 11.7 Å². The maximum Gasteiger partial charge on any atom is 0.257 e. The predicted octanol–water partition coefficient (Wildman–Crippen LogP) is 3.92. The molecular weight excluding hydrogens is 314 g/mol. The van der Waals surface area contributed by atoms with Crippen molar-refractivity contribution in [3.8, 4) is 0 Å². The van der Waals surface area contributed by atoms with Gasteiger partial charge in [0.2, 0.25) is 0 Å². The quantitative estimate of drug-likeness (QED) is 0.859. The molecule has 2 heterocycles. The summed E-state index contributed by atoms with van der Waals surface area (Å²) in [6.07, 6.45) is 8.29. The Morgan fingerprint density at radius 2 is 1.64 bits per heavy atom. The Bertz CT molecular complexity index is 748. The lowest BCUT2D eigenvalue weighted by Gasteiger charge is -2.22. The van der Waals surface area contributed by atoms with Gasteiger partial charge in [-0.05, 0) is 50.1 Å². The maximum atomic E-state index is 12.5. The number of amides is 1. The van der Waals surface area contributed by atoms with Crippen molar-refractivity contribution in [2.45, 2.75) is 32.6 Å². The van der Waals surface area contributed by atoms with Gasteiger partial charge in [0.1, 0.15) is 0 Å². The van der Waals surface area contributed by atoms with E-state index in [1.807, 2.05) is 12.3 Å². The lowest BCUT2D eigenvalue weighted by molar-refractivity contribution is 0.101. The van der Waals surface area contributed by atoms with Crippen molar-refractivity contribution >= 4 is 23.1 Å². The Labute approximate surface area is 148 Å². The molecule has 1 aromatic heterocycles. The lowest BCUT2D eigenvalue weighted by atomic mass is 10.1. The van der Waals surface area contributed by atoms with Crippen LogP contribution in [0.4, 0.5) is 11.4 Å². The van der Waals surface area contributed by atoms with E-state index >= 15 is 0 Å². The highest BCUT2D eigenvalue weighted by molar-refractivity contribution is 6.04. The van der Waals surface area contributed by atoms with Gasteiger partial charge in [0.05, 0.1) is 17.4 Å². The third-order valence-electron chi connectivity index (χ3n) is 4.51. The molecule has 3 rings (SSSR count). The van der Waals surface area contributed by atoms with Crippen molar-refractivity contribution in [3.63, 3.8) is 0 Å². The number of pyridine rings is 1. The first kappa shape index (κ1) is 17.1. The summed E-state index contributed by atoms with van der Waals surface area (Å²) in [6, 6.07) is 8.80. The zero-order chi connectivity index (χ0) is 17.6. The highest BCUT2D eigenvalue weighted by Crippen LogP contribution is 2.20. The molecule has 0 spiro atoms. The topological polar surface area (TPSA) is 62.3 Å². The zero-order valence-electron chi connectivity index (χ0n) is 14.5. The lowest BCUT2D eigenvalue weighted by Crippen LogP contribution is -2.24. The number of nitrogens with zero attached hydrogens (tertiary/aromatic N) is 2. The van der Waals surface area contributed by atoms with Gasteiger partial charge in [-0.2, -0.15) is 0 Å². The van der Waals surface area contributed by atoms with Crippen LogP contribution in [0.5, 0.6) is 0 Å². The number of nitrogens with one attached hydrogen (secondary N) is 1. The van der Waals surface area contributed by atoms with E-state index in [2.05, 4.69) is 15.2 Å². The molecule has 1 saturated heterocycles. The van der Waals surface area contributed by atoms with Crippen molar-refractivity contribution in [3.05, 3.63) is 53.9 Å². The van der Waals surface area contributed by atoms with Gasteiger partial charge in [-0.15, -0.1) is 0 Å². The minimum atomic E-state index is -0.195. The number of hydrogen-bond donors (Lipinski definition) is 1. The molecular formula is C20H23N3O2. The molecule has 0 radical (unpaired) electrons. The number of rotatable bonds is 4. The van der Waals surface area contributed by atoms with Crippen LogP contribution >= 0.6 is 0 Å². The van der Waals surface area contributed by atoms with Gasteiger partial charge in [-0.1, -0.05) is 12.8 Å². The van der Waals surface area contributed by atoms with Gasteiger partial charge in [0, 0.05) is 30.5 Å². The van der Waals surface area contributed by atoms with E-state index in [0.29, 0.717) is 16.8 Å². The maximum absolute atomic E-state index is 12.5. The standard InChI is InChI=1S/C20H23N3O2/c1-15(24)16-6-8-18(9-7-16)22-20(25)17-12-19(14-21-13-17)23-10-4-2-3-5-11-23/h6-9,12-14H,2-5,10-11H2,1H3,(H,22,25). The van der Waals surface area contributed by atoms with Crippen molar-refractivity contribution in [1.29, 1.82) is 0 Å². The summed E-state index contributed by atoms with van der Waals surface area (Å²) >= 11 is 0. The molecule has 0 aliphatic carbocycles. The highest BCUT2D eigenvalue weighted by atomic mass is 16.1. The second-order valence-electron chi connectivity index (χ2n) is 6.42. The van der Waals surface area contributed by atoms with Crippen molar-refractivity contribution in [2.24, 2.45) is 0 Å². The van der Waals surface area contributed by atoms with Crippen LogP contribution in [0.25, 0.3) is 0 Å². The molecule has 1 aliphatic heterocycles. The number of ketones is 1. The summed E-state index contributed by atoms with van der Waals surface area (Å²) in [5.41, 5.74) is 2.83. The minimum absolute atomic E-state index is 0.00669. The third-order valence-corrected chi connectivity index (χ3v) is 4.51. The van der Waals surface area contributed by atoms with Crippen molar-refractivity contribution in [1.82, 2.24) is 4.98 Å². The SMILES string of the molecule is CC(=O)c1ccc(NC(=O)c2cncc(N3CCCCCC3)c2)cc1. The molecule has 1 N–H and O–H groups in total. The summed E-state index contributed by atoms with van der Waals surface area (Å²) in [7, 11) is 0. The molecule has 1 aliphatic rings. The van der Waals surface area contributed by atoms with E-state index in [9.17, 15) is 9.59 Å². The zero-order valence-corrected chi connectivity index (χ0v) is 14.5. The van der Waals surface area contributed by atoms with Gasteiger partial charge < -0.3 is 10.2 Å². The van der Waals surface area contributed by atoms with Gasteiger partial charge in [-0.3, -0.25) is 14.6 Å². The summed E-state index contributed by atoms with van der Waals surface area (Å²) in [6.45, 7) is 3.55. The first-order valence-electron chi connectivity index (χ1n) is 8.76. The van der Waals surface area contributed by atoms with Crippen LogP contribution in [0.1, 0.15) is 53.3 Å². The molecule has 5 heteroatoms. The smallest absolute Gasteiger partial charge is 0.257 e. The van der Waals surface area contributed by atoms with Crippen LogP contribution in [0.3, 0.4) is 0 Å². The Kier molecular flexibility index (Phi) is 5.43. The van der Waals surface area contributed by atoms with Gasteiger partial charge in [0.15, 0.2) is 5.78 Å². The molecule has 5 nitrogen and oxygen atoms in total. The molecule has 0 atom stereocenters. The van der Waals surface area contributed by atoms with Crippen LogP contribution in [0.2, 0.25) is 0 Å². The van der Waals surface area contributed by atoms with Crippen LogP contribution < -0.4 is 10.2 Å². The molecule has 25 heavy (non-hydrogen) atoms. The number of anilines is 2. The number of Topliss-reactive ketones (excluding diaryl/α,β-unsaturated/α-hetero) is 1. The monoisotopic (exact) mass is 337 g/mol. The molecule has 1 amide bonds. The Morgan fingerprint density at radius 1 is 0.960 bits per heavy atom. The molecule has 130 valence electrons. The molecule has 0 unspecified atom stereocenters. The highest BCUT2D eigenvalue weighted by Gasteiger charge is 2.13. The summed E-state index contributed by atoms with van der Waals surface area (Å²) in [5, 5.41) is 2.86. The van der Waals surface area contributed by atoms with Crippen LogP contribution in [-0.4, -0.2) is 29.8 Å². The number of aromatic nitrogens is 1. The second-order valence-corrected chi connectivity index (χ2v) is 6.42. The molecule has 2 aromatic rings. The number of carbonyl (C=O) groups is 2. The van der Waals surface area contributed by atoms with Crippen molar-refractivity contribution < 1.29 is 9.59 Å². The Hall–Kier alpha value is -2.69. The molecule has 0 bridgehead atoms. The van der Waals surface area contributed by atoms with E-state index in [4.69, 9.17) is 0 Å². The van der Waals surface area contributed by atoms with Crippen molar-refractivity contribution in [2.75, 3.05) is 23.3 Å². The average Bonchev–Trinajstić information content (AvgIpc) is 2.92. The van der Waals surface area contributed by atoms with E-state index < -0.39 is 0 Å². The normalized spacial score (nSPS) is 14.7. The summed E-state index contributed by atoms with van der Waals surface area (Å²) in [4.78, 5) is 30.4. The fraction of sp³-hybridized carbons (Fsp3) is 0.350. The largest absolute Gasteiger partial charge is 0.370 e. The number of carbonyl (C=O) groups excluding carboxylic acids is 2. The average molecular weight is 337 g/mol. The van der Waals surface area contributed by atoms with Gasteiger partial charge in [-0.25, -0.2) is 0 Å². The molecule has 0 saturated carbocycles. The first-order valence-corrected chi connectivity index (χ1v) is 8.76. The van der Waals surface area contributed by atoms with Crippen LogP contribution in [0, 0.1) is 0 Å². The van der Waals surface area contributed by atoms with Gasteiger partial charge in [0.25, 0.3) is 5.91 Å².